The Balaban J connectivity index is 1.87. The van der Waals surface area contributed by atoms with Crippen molar-refractivity contribution < 1.29 is 13.6 Å². The van der Waals surface area contributed by atoms with E-state index in [1.807, 2.05) is 31.2 Å². The molecule has 1 amide bonds. The van der Waals surface area contributed by atoms with Crippen molar-refractivity contribution in [2.24, 2.45) is 7.05 Å². The van der Waals surface area contributed by atoms with Crippen LogP contribution in [0.2, 0.25) is 0 Å². The number of halogens is 2. The molecule has 5 nitrogen and oxygen atoms in total. The van der Waals surface area contributed by atoms with E-state index in [0.29, 0.717) is 5.69 Å². The van der Waals surface area contributed by atoms with Crippen LogP contribution in [0.5, 0.6) is 0 Å². The summed E-state index contributed by atoms with van der Waals surface area (Å²) in [5.74, 6) is -5.02. The van der Waals surface area contributed by atoms with Crippen molar-refractivity contribution in [1.82, 2.24) is 14.8 Å². The third-order valence-electron chi connectivity index (χ3n) is 3.81. The molecule has 0 spiro atoms. The van der Waals surface area contributed by atoms with E-state index in [1.165, 1.54) is 23.0 Å². The predicted molar refractivity (Wildman–Crippen MR) is 90.1 cm³/mol. The first kappa shape index (κ1) is 16.8. The fourth-order valence-corrected chi connectivity index (χ4v) is 2.44. The van der Waals surface area contributed by atoms with Crippen LogP contribution >= 0.6 is 0 Å². The van der Waals surface area contributed by atoms with Gasteiger partial charge < -0.3 is 5.32 Å². The van der Waals surface area contributed by atoms with Gasteiger partial charge in [0.1, 0.15) is 11.5 Å². The molecule has 25 heavy (non-hydrogen) atoms. The maximum Gasteiger partial charge on any atom is 0.366 e. The number of rotatable bonds is 4. The molecule has 0 aliphatic rings. The molecule has 1 aromatic carbocycles. The monoisotopic (exact) mass is 342 g/mol. The van der Waals surface area contributed by atoms with Crippen LogP contribution in [0.15, 0.2) is 54.7 Å². The standard InChI is InChI=1S/C18H16F2N4O/c1-12-7-3-4-8-13(12)14-11-16(24(2)23-14)22-17(25)18(19,20)15-9-5-6-10-21-15/h3-11H,1-2H3,(H,22,25). The van der Waals surface area contributed by atoms with Crippen molar-refractivity contribution in [3.05, 3.63) is 66.0 Å². The highest BCUT2D eigenvalue weighted by molar-refractivity contribution is 5.96. The summed E-state index contributed by atoms with van der Waals surface area (Å²) in [6.07, 6.45) is 1.22. The second-order valence-corrected chi connectivity index (χ2v) is 5.60. The fourth-order valence-electron chi connectivity index (χ4n) is 2.44. The Morgan fingerprint density at radius 3 is 2.56 bits per heavy atom. The van der Waals surface area contributed by atoms with E-state index in [0.717, 1.165) is 17.2 Å². The fraction of sp³-hybridized carbons (Fsp3) is 0.167. The summed E-state index contributed by atoms with van der Waals surface area (Å²) in [5.41, 5.74) is 1.86. The smallest absolute Gasteiger partial charge is 0.305 e. The van der Waals surface area contributed by atoms with Gasteiger partial charge in [-0.05, 0) is 24.6 Å². The molecule has 0 aliphatic carbocycles. The molecule has 0 unspecified atom stereocenters. The molecule has 1 N–H and O–H groups in total. The van der Waals surface area contributed by atoms with Gasteiger partial charge in [-0.2, -0.15) is 13.9 Å². The SMILES string of the molecule is Cc1ccccc1-c1cc(NC(=O)C(F)(F)c2ccccn2)n(C)n1. The molecule has 3 aromatic rings. The lowest BCUT2D eigenvalue weighted by molar-refractivity contribution is -0.141. The topological polar surface area (TPSA) is 59.8 Å². The van der Waals surface area contributed by atoms with Gasteiger partial charge in [0.25, 0.3) is 0 Å². The first-order valence-corrected chi connectivity index (χ1v) is 7.60. The van der Waals surface area contributed by atoms with Crippen LogP contribution in [0.4, 0.5) is 14.6 Å². The maximum absolute atomic E-state index is 14.3. The van der Waals surface area contributed by atoms with Gasteiger partial charge in [-0.15, -0.1) is 0 Å². The number of nitrogens with zero attached hydrogens (tertiary/aromatic N) is 3. The van der Waals surface area contributed by atoms with E-state index in [9.17, 15) is 13.6 Å². The van der Waals surface area contributed by atoms with Gasteiger partial charge in [0, 0.05) is 24.9 Å². The summed E-state index contributed by atoms with van der Waals surface area (Å²) < 4.78 is 29.9. The van der Waals surface area contributed by atoms with Crippen LogP contribution in [0, 0.1) is 6.92 Å². The largest absolute Gasteiger partial charge is 0.366 e. The summed E-state index contributed by atoms with van der Waals surface area (Å²) in [6, 6.07) is 13.2. The first-order chi connectivity index (χ1) is 11.9. The van der Waals surface area contributed by atoms with Gasteiger partial charge in [-0.3, -0.25) is 14.5 Å². The minimum atomic E-state index is -3.74. The molecule has 128 valence electrons. The number of pyridine rings is 1. The van der Waals surface area contributed by atoms with Crippen LogP contribution < -0.4 is 5.32 Å². The number of nitrogens with one attached hydrogen (secondary N) is 1. The molecule has 7 heteroatoms. The summed E-state index contributed by atoms with van der Waals surface area (Å²) in [5, 5.41) is 6.52. The predicted octanol–water partition coefficient (Wildman–Crippen LogP) is 3.52. The number of carbonyl (C=O) groups is 1. The molecule has 0 radical (unpaired) electrons. The Hall–Kier alpha value is -3.09. The Morgan fingerprint density at radius 2 is 1.88 bits per heavy atom. The number of anilines is 1. The van der Waals surface area contributed by atoms with Crippen molar-refractivity contribution in [2.45, 2.75) is 12.8 Å². The lowest BCUT2D eigenvalue weighted by atomic mass is 10.1. The highest BCUT2D eigenvalue weighted by Crippen LogP contribution is 2.29. The van der Waals surface area contributed by atoms with Crippen molar-refractivity contribution in [3.63, 3.8) is 0 Å². The lowest BCUT2D eigenvalue weighted by Gasteiger charge is -2.15. The molecular formula is C18H16F2N4O. The third-order valence-corrected chi connectivity index (χ3v) is 3.81. The number of hydrogen-bond donors (Lipinski definition) is 1. The van der Waals surface area contributed by atoms with E-state index in [1.54, 1.807) is 13.1 Å². The highest BCUT2D eigenvalue weighted by atomic mass is 19.3. The normalized spacial score (nSPS) is 11.4. The number of hydrogen-bond acceptors (Lipinski definition) is 3. The van der Waals surface area contributed by atoms with Crippen LogP contribution in [0.25, 0.3) is 11.3 Å². The Labute approximate surface area is 143 Å². The average Bonchev–Trinajstić information content (AvgIpc) is 2.96. The van der Waals surface area contributed by atoms with Crippen molar-refractivity contribution in [3.8, 4) is 11.3 Å². The minimum Gasteiger partial charge on any atom is -0.305 e. The van der Waals surface area contributed by atoms with Gasteiger partial charge in [0.2, 0.25) is 0 Å². The number of alkyl halides is 2. The van der Waals surface area contributed by atoms with E-state index in [-0.39, 0.29) is 5.82 Å². The average molecular weight is 342 g/mol. The van der Waals surface area contributed by atoms with Gasteiger partial charge in [0.05, 0.1) is 5.69 Å². The highest BCUT2D eigenvalue weighted by Gasteiger charge is 2.42. The molecule has 0 saturated heterocycles. The number of aromatic nitrogens is 3. The van der Waals surface area contributed by atoms with Crippen LogP contribution in [0.3, 0.4) is 0 Å². The summed E-state index contributed by atoms with van der Waals surface area (Å²) in [4.78, 5) is 15.6. The number of carbonyl (C=O) groups excluding carboxylic acids is 1. The second-order valence-electron chi connectivity index (χ2n) is 5.60. The molecular weight excluding hydrogens is 326 g/mol. The van der Waals surface area contributed by atoms with E-state index in [2.05, 4.69) is 15.4 Å². The zero-order valence-electron chi connectivity index (χ0n) is 13.7. The maximum atomic E-state index is 14.3. The molecule has 0 atom stereocenters. The zero-order valence-corrected chi connectivity index (χ0v) is 13.7. The molecule has 2 aromatic heterocycles. The molecule has 0 fully saturated rings. The number of benzene rings is 1. The number of aryl methyl sites for hydroxylation is 2. The van der Waals surface area contributed by atoms with Gasteiger partial charge in [-0.25, -0.2) is 0 Å². The van der Waals surface area contributed by atoms with Gasteiger partial charge in [-0.1, -0.05) is 30.3 Å². The Morgan fingerprint density at radius 1 is 1.16 bits per heavy atom. The molecule has 2 heterocycles. The second kappa shape index (κ2) is 6.43. The quantitative estimate of drug-likeness (QED) is 0.789. The van der Waals surface area contributed by atoms with E-state index < -0.39 is 17.5 Å². The summed E-state index contributed by atoms with van der Waals surface area (Å²) in [7, 11) is 1.58. The summed E-state index contributed by atoms with van der Waals surface area (Å²) >= 11 is 0. The Bertz CT molecular complexity index is 906. The van der Waals surface area contributed by atoms with Crippen LogP contribution in [0.1, 0.15) is 11.3 Å². The van der Waals surface area contributed by atoms with Crippen LogP contribution in [-0.4, -0.2) is 20.7 Å². The van der Waals surface area contributed by atoms with Crippen molar-refractivity contribution >= 4 is 11.7 Å². The van der Waals surface area contributed by atoms with E-state index >= 15 is 0 Å². The minimum absolute atomic E-state index is 0.179. The molecule has 0 aliphatic heterocycles. The molecule has 3 rings (SSSR count). The molecule has 0 bridgehead atoms. The van der Waals surface area contributed by atoms with Gasteiger partial charge in [0.15, 0.2) is 0 Å². The van der Waals surface area contributed by atoms with Crippen LogP contribution in [-0.2, 0) is 17.8 Å². The first-order valence-electron chi connectivity index (χ1n) is 7.60. The van der Waals surface area contributed by atoms with E-state index in [4.69, 9.17) is 0 Å². The summed E-state index contributed by atoms with van der Waals surface area (Å²) in [6.45, 7) is 1.93. The number of amides is 1. The van der Waals surface area contributed by atoms with Crippen molar-refractivity contribution in [2.75, 3.05) is 5.32 Å². The van der Waals surface area contributed by atoms with Gasteiger partial charge >= 0.3 is 11.8 Å². The molecule has 0 saturated carbocycles. The third kappa shape index (κ3) is 3.26. The lowest BCUT2D eigenvalue weighted by Crippen LogP contribution is -2.33. The zero-order chi connectivity index (χ0) is 18.0. The van der Waals surface area contributed by atoms with Crippen molar-refractivity contribution in [1.29, 1.82) is 0 Å². The Kier molecular flexibility index (Phi) is 4.31.